The summed E-state index contributed by atoms with van der Waals surface area (Å²) in [6.07, 6.45) is 58.4. The van der Waals surface area contributed by atoms with Crippen LogP contribution in [0.5, 0.6) is 0 Å². The molecule has 0 aliphatic carbocycles. The maximum Gasteiger partial charge on any atom is 0.306 e. The molecule has 0 bridgehead atoms. The van der Waals surface area contributed by atoms with Gasteiger partial charge in [-0.05, 0) is 51.4 Å². The highest BCUT2D eigenvalue weighted by molar-refractivity contribution is 7.46. The van der Waals surface area contributed by atoms with Crippen molar-refractivity contribution >= 4 is 51.2 Å². The van der Waals surface area contributed by atoms with Crippen LogP contribution in [0.1, 0.15) is 420 Å². The van der Waals surface area contributed by atoms with E-state index in [1.54, 1.807) is 0 Å². The fourth-order valence-corrected chi connectivity index (χ4v) is 14.7. The molecular formula is C85H164N4O18P2-2. The number of hydrogen-bond acceptors (Lipinski definition) is 18. The number of carbonyl (C=O) groups excluding carboxylic acids is 6. The van der Waals surface area contributed by atoms with Gasteiger partial charge in [-0.3, -0.25) is 37.9 Å². The highest BCUT2D eigenvalue weighted by atomic mass is 31.2. The monoisotopic (exact) mass is 1590 g/mol. The molecule has 0 radical (unpaired) electrons. The highest BCUT2D eigenvalue weighted by Gasteiger charge is 2.23. The molecule has 0 aromatic heterocycles. The minimum atomic E-state index is -4.99. The van der Waals surface area contributed by atoms with Gasteiger partial charge in [0.2, 0.25) is 23.6 Å². The zero-order valence-electron chi connectivity index (χ0n) is 70.3. The van der Waals surface area contributed by atoms with Gasteiger partial charge in [0.25, 0.3) is 15.6 Å². The molecule has 4 N–H and O–H groups in total. The predicted molar refractivity (Wildman–Crippen MR) is 437 cm³/mol. The second-order valence-corrected chi connectivity index (χ2v) is 33.5. The van der Waals surface area contributed by atoms with Gasteiger partial charge in [0.1, 0.15) is 18.6 Å². The molecule has 0 rings (SSSR count). The number of carbonyl (C=O) groups is 6. The second kappa shape index (κ2) is 78.8. The van der Waals surface area contributed by atoms with Crippen LogP contribution < -0.4 is 31.1 Å². The molecule has 0 saturated heterocycles. The summed E-state index contributed by atoms with van der Waals surface area (Å²) in [6, 6.07) is -1.72. The fourth-order valence-electron chi connectivity index (χ4n) is 13.2. The van der Waals surface area contributed by atoms with E-state index >= 15 is 0 Å². The summed E-state index contributed by atoms with van der Waals surface area (Å²) in [5.74, 6) is -2.49. The predicted octanol–water partition coefficient (Wildman–Crippen LogP) is 20.2. The normalized spacial score (nSPS) is 13.8. The van der Waals surface area contributed by atoms with Crippen LogP contribution in [0.2, 0.25) is 0 Å². The van der Waals surface area contributed by atoms with Crippen LogP contribution in [0.4, 0.5) is 0 Å². The molecule has 4 amide bonds. The van der Waals surface area contributed by atoms with Crippen LogP contribution in [0.15, 0.2) is 0 Å². The summed E-state index contributed by atoms with van der Waals surface area (Å²) in [7, 11) is -9.97. The third-order valence-corrected chi connectivity index (χ3v) is 21.8. The number of rotatable bonds is 86. The van der Waals surface area contributed by atoms with E-state index in [4.69, 9.17) is 37.0 Å². The molecule has 0 fully saturated rings. The molecule has 0 aromatic carbocycles. The maximum atomic E-state index is 13.3. The van der Waals surface area contributed by atoms with Gasteiger partial charge < -0.3 is 68.1 Å². The lowest BCUT2D eigenvalue weighted by atomic mass is 10.1. The van der Waals surface area contributed by atoms with Crippen molar-refractivity contribution in [1.29, 1.82) is 0 Å². The van der Waals surface area contributed by atoms with Crippen molar-refractivity contribution in [2.45, 2.75) is 445 Å². The van der Waals surface area contributed by atoms with Gasteiger partial charge in [-0.2, -0.15) is 0 Å². The lowest BCUT2D eigenvalue weighted by molar-refractivity contribution is -0.227. The van der Waals surface area contributed by atoms with E-state index in [1.807, 2.05) is 0 Å². The van der Waals surface area contributed by atoms with Crippen molar-refractivity contribution in [1.82, 2.24) is 21.3 Å². The highest BCUT2D eigenvalue weighted by Crippen LogP contribution is 2.39. The minimum Gasteiger partial charge on any atom is -0.756 e. The number of ether oxygens (including phenoxy) is 4. The topological polar surface area (TPSA) is 305 Å². The van der Waals surface area contributed by atoms with Gasteiger partial charge in [-0.15, -0.1) is 0 Å². The zero-order valence-corrected chi connectivity index (χ0v) is 72.1. The smallest absolute Gasteiger partial charge is 0.306 e. The average Bonchev–Trinajstić information content (AvgIpc) is 0.927. The SMILES string of the molecule is CCCCCCCCCCCCCC(=O)NC(COCCC(CCCCCCC)OC(=O)CCCCCCCCCCC)COP(=O)([O-])OCCNC(=O)CC(=O)NCCOP(=O)([O-])OCC(COCCC(CCCCCCC)OC(=O)CCCCCCCCCCC)NC(=O)CCCCCCCCCCCCC. The molecule has 24 heteroatoms. The first-order chi connectivity index (χ1) is 52.9. The summed E-state index contributed by atoms with van der Waals surface area (Å²) in [5.41, 5.74) is 0. The van der Waals surface area contributed by atoms with Gasteiger partial charge in [-0.25, -0.2) is 0 Å². The molecule has 0 heterocycles. The van der Waals surface area contributed by atoms with Crippen molar-refractivity contribution in [3.63, 3.8) is 0 Å². The zero-order chi connectivity index (χ0) is 80.0. The molecule has 0 spiro atoms. The third-order valence-electron chi connectivity index (χ3n) is 19.9. The van der Waals surface area contributed by atoms with Crippen molar-refractivity contribution in [3.8, 4) is 0 Å². The lowest BCUT2D eigenvalue weighted by Crippen LogP contribution is -2.42. The second-order valence-electron chi connectivity index (χ2n) is 30.6. The molecule has 0 aromatic rings. The number of phosphoric ester groups is 2. The van der Waals surface area contributed by atoms with E-state index in [9.17, 15) is 47.7 Å². The van der Waals surface area contributed by atoms with Crippen LogP contribution in [0, 0.1) is 0 Å². The summed E-state index contributed by atoms with van der Waals surface area (Å²) in [5, 5.41) is 10.6. The molecule has 0 saturated carbocycles. The van der Waals surface area contributed by atoms with E-state index in [0.717, 1.165) is 141 Å². The summed E-state index contributed by atoms with van der Waals surface area (Å²) >= 11 is 0. The first-order valence-corrected chi connectivity index (χ1v) is 47.7. The van der Waals surface area contributed by atoms with Crippen LogP contribution in [-0.4, -0.2) is 126 Å². The Labute approximate surface area is 664 Å². The number of esters is 2. The van der Waals surface area contributed by atoms with E-state index in [0.29, 0.717) is 51.4 Å². The van der Waals surface area contributed by atoms with Crippen molar-refractivity contribution < 1.29 is 84.7 Å². The number of nitrogens with one attached hydrogen (secondary N) is 4. The fraction of sp³-hybridized carbons (Fsp3) is 0.929. The van der Waals surface area contributed by atoms with E-state index in [2.05, 4.69) is 62.8 Å². The minimum absolute atomic E-state index is 0.0757. The Bertz CT molecular complexity index is 2080. The average molecular weight is 1590 g/mol. The lowest BCUT2D eigenvalue weighted by Gasteiger charge is -2.26. The summed E-state index contributed by atoms with van der Waals surface area (Å²) < 4.78 is 70.7. The Hall–Kier alpha value is -3.04. The number of unbranched alkanes of at least 4 members (excludes halogenated alkanes) is 44. The molecule has 644 valence electrons. The first-order valence-electron chi connectivity index (χ1n) is 44.8. The third kappa shape index (κ3) is 76.0. The van der Waals surface area contributed by atoms with Gasteiger partial charge >= 0.3 is 11.9 Å². The number of amides is 4. The molecular weight excluding hydrogens is 1430 g/mol. The molecule has 0 aliphatic rings. The molecule has 22 nitrogen and oxygen atoms in total. The standard InChI is InChI=1S/C85H166N4O18P2/c1-7-13-19-25-29-33-35-39-41-47-53-59-80(90)88-76(72-100-67-63-78(57-51-45-23-17-11-5)106-84(94)61-55-49-43-37-31-27-21-15-9-3)74-104-108(96,97)102-69-65-86-82(92)71-83(93)87-66-70-103-109(98,99)105-75-77(89-81(91)60-54-48-42-40-36-34-30-26-20-14-8-2)73-101-68-64-79(58-52-46-24-18-12-6)107-85(95)62-56-50-44-38-32-28-22-16-10-4/h76-79H,7-75H2,1-6H3,(H,86,92)(H,87,93)(H,88,90)(H,89,91)(H,96,97)(H,98,99)/p-2. The Morgan fingerprint density at radius 1 is 0.284 bits per heavy atom. The molecule has 6 unspecified atom stereocenters. The van der Waals surface area contributed by atoms with Gasteiger partial charge in [0.15, 0.2) is 0 Å². The summed E-state index contributed by atoms with van der Waals surface area (Å²) in [4.78, 5) is 104. The van der Waals surface area contributed by atoms with Gasteiger partial charge in [0, 0.05) is 51.6 Å². The molecule has 6 atom stereocenters. The van der Waals surface area contributed by atoms with Crippen LogP contribution in [-0.2, 0) is 74.9 Å². The van der Waals surface area contributed by atoms with E-state index in [1.165, 1.54) is 167 Å². The Balaban J connectivity index is 5.52. The maximum absolute atomic E-state index is 13.3. The summed E-state index contributed by atoms with van der Waals surface area (Å²) in [6.45, 7) is 10.8. The largest absolute Gasteiger partial charge is 0.756 e. The van der Waals surface area contributed by atoms with E-state index < -0.39 is 72.4 Å². The van der Waals surface area contributed by atoms with E-state index in [-0.39, 0.29) is 88.3 Å². The number of hydrogen-bond donors (Lipinski definition) is 4. The Kier molecular flexibility index (Phi) is 76.6. The molecule has 0 aliphatic heterocycles. The quantitative estimate of drug-likeness (QED) is 0.0190. The van der Waals surface area contributed by atoms with Gasteiger partial charge in [0.05, 0.1) is 64.9 Å². The Morgan fingerprint density at radius 3 is 0.807 bits per heavy atom. The first kappa shape index (κ1) is 106. The van der Waals surface area contributed by atoms with Gasteiger partial charge in [-0.1, -0.05) is 324 Å². The van der Waals surface area contributed by atoms with Crippen LogP contribution >= 0.6 is 15.6 Å². The molecule has 109 heavy (non-hydrogen) atoms. The van der Waals surface area contributed by atoms with Crippen molar-refractivity contribution in [3.05, 3.63) is 0 Å². The van der Waals surface area contributed by atoms with Crippen molar-refractivity contribution in [2.75, 3.05) is 65.9 Å². The van der Waals surface area contributed by atoms with Crippen LogP contribution in [0.25, 0.3) is 0 Å². The number of phosphoric acid groups is 2. The Morgan fingerprint density at radius 2 is 0.532 bits per heavy atom. The van der Waals surface area contributed by atoms with Crippen LogP contribution in [0.3, 0.4) is 0 Å². The van der Waals surface area contributed by atoms with Crippen molar-refractivity contribution in [2.24, 2.45) is 0 Å².